The number of nitrogens with zero attached hydrogens (tertiary/aromatic N) is 1. The van der Waals surface area contributed by atoms with Gasteiger partial charge in [0, 0.05) is 11.8 Å². The maximum atomic E-state index is 11.4. The number of rotatable bonds is 2. The molecule has 1 rings (SSSR count). The molecule has 0 saturated carbocycles. The minimum Gasteiger partial charge on any atom is -0.392 e. The highest BCUT2D eigenvalue weighted by Crippen LogP contribution is 1.91. The van der Waals surface area contributed by atoms with Crippen LogP contribution in [0.5, 0.6) is 0 Å². The second-order valence-electron chi connectivity index (χ2n) is 3.00. The molecule has 1 aromatic rings. The van der Waals surface area contributed by atoms with Gasteiger partial charge in [0.15, 0.2) is 0 Å². The lowest BCUT2D eigenvalue weighted by molar-refractivity contribution is 0.172. The van der Waals surface area contributed by atoms with Gasteiger partial charge in [-0.15, -0.1) is 0 Å². The summed E-state index contributed by atoms with van der Waals surface area (Å²) in [5, 5.41) is 9.06. The normalized spacial score (nSPS) is 12.9. The SMILES string of the molecule is Cc1cccn(C[C@@H](C)O)c1=O. The van der Waals surface area contributed by atoms with Gasteiger partial charge in [-0.25, -0.2) is 0 Å². The van der Waals surface area contributed by atoms with Crippen LogP contribution in [0.4, 0.5) is 0 Å². The lowest BCUT2D eigenvalue weighted by Crippen LogP contribution is -2.25. The molecule has 0 bridgehead atoms. The van der Waals surface area contributed by atoms with Gasteiger partial charge in [0.05, 0.1) is 12.6 Å². The summed E-state index contributed by atoms with van der Waals surface area (Å²) in [6.07, 6.45) is 1.20. The number of pyridine rings is 1. The third-order valence-corrected chi connectivity index (χ3v) is 1.67. The van der Waals surface area contributed by atoms with Crippen molar-refractivity contribution in [2.24, 2.45) is 0 Å². The van der Waals surface area contributed by atoms with E-state index in [4.69, 9.17) is 5.11 Å². The molecule has 0 amide bonds. The third kappa shape index (κ3) is 1.95. The summed E-state index contributed by atoms with van der Waals surface area (Å²) in [6.45, 7) is 3.79. The van der Waals surface area contributed by atoms with Gasteiger partial charge in [-0.2, -0.15) is 0 Å². The topological polar surface area (TPSA) is 42.2 Å². The van der Waals surface area contributed by atoms with Crippen molar-refractivity contribution < 1.29 is 5.11 Å². The highest BCUT2D eigenvalue weighted by molar-refractivity contribution is 5.07. The van der Waals surface area contributed by atoms with Gasteiger partial charge < -0.3 is 9.67 Å². The van der Waals surface area contributed by atoms with Crippen LogP contribution in [0.1, 0.15) is 12.5 Å². The maximum Gasteiger partial charge on any atom is 0.253 e. The maximum absolute atomic E-state index is 11.4. The summed E-state index contributed by atoms with van der Waals surface area (Å²) in [4.78, 5) is 11.4. The Morgan fingerprint density at radius 3 is 2.92 bits per heavy atom. The number of hydrogen-bond donors (Lipinski definition) is 1. The third-order valence-electron chi connectivity index (χ3n) is 1.67. The van der Waals surface area contributed by atoms with Gasteiger partial charge >= 0.3 is 0 Å². The summed E-state index contributed by atoms with van der Waals surface area (Å²) in [6, 6.07) is 3.57. The molecule has 1 N–H and O–H groups in total. The number of aliphatic hydroxyl groups excluding tert-OH is 1. The summed E-state index contributed by atoms with van der Waals surface area (Å²) in [5.74, 6) is 0. The minimum atomic E-state index is -0.482. The van der Waals surface area contributed by atoms with Crippen molar-refractivity contribution in [1.29, 1.82) is 0 Å². The van der Waals surface area contributed by atoms with Crippen LogP contribution in [-0.2, 0) is 6.54 Å². The van der Waals surface area contributed by atoms with Crippen molar-refractivity contribution in [3.8, 4) is 0 Å². The van der Waals surface area contributed by atoms with Crippen molar-refractivity contribution in [3.05, 3.63) is 34.2 Å². The van der Waals surface area contributed by atoms with E-state index in [0.717, 1.165) is 0 Å². The van der Waals surface area contributed by atoms with Crippen molar-refractivity contribution in [3.63, 3.8) is 0 Å². The zero-order valence-corrected chi connectivity index (χ0v) is 7.32. The van der Waals surface area contributed by atoms with Gasteiger partial charge in [0.25, 0.3) is 5.56 Å². The number of aliphatic hydroxyl groups is 1. The van der Waals surface area contributed by atoms with E-state index in [9.17, 15) is 4.79 Å². The molecule has 66 valence electrons. The van der Waals surface area contributed by atoms with Crippen LogP contribution in [0.3, 0.4) is 0 Å². The Morgan fingerprint density at radius 2 is 2.33 bits per heavy atom. The fourth-order valence-electron chi connectivity index (χ4n) is 1.09. The van der Waals surface area contributed by atoms with E-state index in [0.29, 0.717) is 12.1 Å². The molecule has 0 saturated heterocycles. The zero-order chi connectivity index (χ0) is 9.14. The lowest BCUT2D eigenvalue weighted by Gasteiger charge is -2.07. The van der Waals surface area contributed by atoms with Crippen molar-refractivity contribution in [2.45, 2.75) is 26.5 Å². The molecule has 0 radical (unpaired) electrons. The summed E-state index contributed by atoms with van der Waals surface area (Å²) >= 11 is 0. The highest BCUT2D eigenvalue weighted by atomic mass is 16.3. The Balaban J connectivity index is 3.01. The first kappa shape index (κ1) is 9.00. The standard InChI is InChI=1S/C9H13NO2/c1-7-4-3-5-10(9(7)12)6-8(2)11/h3-5,8,11H,6H2,1-2H3/t8-/m1/s1. The van der Waals surface area contributed by atoms with Crippen LogP contribution in [0.25, 0.3) is 0 Å². The summed E-state index contributed by atoms with van der Waals surface area (Å²) < 4.78 is 1.51. The molecule has 0 unspecified atom stereocenters. The second-order valence-corrected chi connectivity index (χ2v) is 3.00. The molecule has 0 aliphatic carbocycles. The van der Waals surface area contributed by atoms with Crippen molar-refractivity contribution in [1.82, 2.24) is 4.57 Å². The Labute approximate surface area is 71.3 Å². The zero-order valence-electron chi connectivity index (χ0n) is 7.32. The summed E-state index contributed by atoms with van der Waals surface area (Å²) in [5.41, 5.74) is 0.677. The van der Waals surface area contributed by atoms with Gasteiger partial charge in [-0.3, -0.25) is 4.79 Å². The molecular weight excluding hydrogens is 154 g/mol. The Hall–Kier alpha value is -1.09. The molecule has 0 fully saturated rings. The number of aromatic nitrogens is 1. The molecule has 12 heavy (non-hydrogen) atoms. The van der Waals surface area contributed by atoms with Crippen molar-refractivity contribution in [2.75, 3.05) is 0 Å². The van der Waals surface area contributed by atoms with Crippen LogP contribution in [0.15, 0.2) is 23.1 Å². The average Bonchev–Trinajstić information content (AvgIpc) is 1.98. The quantitative estimate of drug-likeness (QED) is 0.698. The minimum absolute atomic E-state index is 0.0293. The first-order valence-electron chi connectivity index (χ1n) is 3.95. The van der Waals surface area contributed by atoms with Gasteiger partial charge in [-0.1, -0.05) is 6.07 Å². The first-order chi connectivity index (χ1) is 5.61. The summed E-state index contributed by atoms with van der Waals surface area (Å²) in [7, 11) is 0. The molecule has 0 aliphatic heterocycles. The van der Waals surface area contributed by atoms with E-state index in [1.165, 1.54) is 4.57 Å². The van der Waals surface area contributed by atoms with Crippen LogP contribution >= 0.6 is 0 Å². The van der Waals surface area contributed by atoms with Gasteiger partial charge in [0.1, 0.15) is 0 Å². The van der Waals surface area contributed by atoms with Crippen molar-refractivity contribution >= 4 is 0 Å². The van der Waals surface area contributed by atoms with Crippen LogP contribution in [0.2, 0.25) is 0 Å². The molecular formula is C9H13NO2. The van der Waals surface area contributed by atoms with Crippen LogP contribution < -0.4 is 5.56 Å². The molecule has 0 aromatic carbocycles. The molecule has 1 atom stereocenters. The van der Waals surface area contributed by atoms with E-state index >= 15 is 0 Å². The molecule has 1 aromatic heterocycles. The average molecular weight is 167 g/mol. The number of hydrogen-bond acceptors (Lipinski definition) is 2. The molecule has 1 heterocycles. The molecule has 3 heteroatoms. The van der Waals surface area contributed by atoms with Crippen LogP contribution in [0, 0.1) is 6.92 Å². The monoisotopic (exact) mass is 167 g/mol. The van der Waals surface area contributed by atoms with Crippen LogP contribution in [-0.4, -0.2) is 15.8 Å². The molecule has 0 aliphatic rings. The van der Waals surface area contributed by atoms with Gasteiger partial charge in [-0.05, 0) is 19.9 Å². The Kier molecular flexibility index (Phi) is 2.65. The largest absolute Gasteiger partial charge is 0.392 e. The van der Waals surface area contributed by atoms with Gasteiger partial charge in [0.2, 0.25) is 0 Å². The molecule has 3 nitrogen and oxygen atoms in total. The Bertz CT molecular complexity index is 315. The second kappa shape index (κ2) is 3.54. The smallest absolute Gasteiger partial charge is 0.253 e. The van der Waals surface area contributed by atoms with E-state index in [-0.39, 0.29) is 5.56 Å². The first-order valence-corrected chi connectivity index (χ1v) is 3.95. The highest BCUT2D eigenvalue weighted by Gasteiger charge is 2.00. The Morgan fingerprint density at radius 1 is 1.67 bits per heavy atom. The number of aryl methyl sites for hydroxylation is 1. The van der Waals surface area contributed by atoms with E-state index in [1.807, 2.05) is 0 Å². The van der Waals surface area contributed by atoms with E-state index < -0.39 is 6.10 Å². The predicted molar refractivity (Wildman–Crippen MR) is 47.1 cm³/mol. The predicted octanol–water partition coefficient (Wildman–Crippen LogP) is 0.538. The lowest BCUT2D eigenvalue weighted by atomic mass is 10.3. The van der Waals surface area contributed by atoms with E-state index in [2.05, 4.69) is 0 Å². The fourth-order valence-corrected chi connectivity index (χ4v) is 1.09. The fraction of sp³-hybridized carbons (Fsp3) is 0.444. The molecule has 0 spiro atoms. The van der Waals surface area contributed by atoms with E-state index in [1.54, 1.807) is 32.2 Å².